The van der Waals surface area contributed by atoms with E-state index in [1.54, 1.807) is 23.2 Å². The first-order valence-corrected chi connectivity index (χ1v) is 8.53. The van der Waals surface area contributed by atoms with Crippen molar-refractivity contribution in [1.82, 2.24) is 19.7 Å². The van der Waals surface area contributed by atoms with Gasteiger partial charge >= 0.3 is 0 Å². The van der Waals surface area contributed by atoms with Crippen molar-refractivity contribution in [1.29, 1.82) is 0 Å². The van der Waals surface area contributed by atoms with Crippen molar-refractivity contribution >= 4 is 11.8 Å². The molecule has 0 saturated carbocycles. The molecule has 0 unspecified atom stereocenters. The number of carbonyl (C=O) groups is 2. The van der Waals surface area contributed by atoms with Crippen molar-refractivity contribution in [3.05, 3.63) is 29.6 Å². The Morgan fingerprint density at radius 2 is 1.71 bits per heavy atom. The van der Waals surface area contributed by atoms with E-state index in [1.165, 1.54) is 0 Å². The average molecular weight is 332 g/mol. The van der Waals surface area contributed by atoms with Gasteiger partial charge in [0.25, 0.3) is 11.8 Å². The molecule has 24 heavy (non-hydrogen) atoms. The fourth-order valence-corrected chi connectivity index (χ4v) is 3.06. The largest absolute Gasteiger partial charge is 0.378 e. The molecule has 1 aromatic rings. The number of pyridine rings is 1. The van der Waals surface area contributed by atoms with Gasteiger partial charge in [-0.2, -0.15) is 0 Å². The second-order valence-electron chi connectivity index (χ2n) is 6.06. The molecular weight excluding hydrogens is 308 g/mol. The molecule has 2 fully saturated rings. The standard InChI is InChI=1S/C17H24N4O3/c1-2-19-5-7-20(8-6-19)16(22)14-3-4-18-15(13-14)17(23)21-9-11-24-12-10-21/h3-4,13H,2,5-12H2,1H3. The molecule has 0 bridgehead atoms. The van der Waals surface area contributed by atoms with Gasteiger partial charge in [-0.25, -0.2) is 0 Å². The Morgan fingerprint density at radius 3 is 2.38 bits per heavy atom. The maximum Gasteiger partial charge on any atom is 0.272 e. The highest BCUT2D eigenvalue weighted by molar-refractivity contribution is 5.98. The van der Waals surface area contributed by atoms with Gasteiger partial charge in [-0.1, -0.05) is 6.92 Å². The Bertz CT molecular complexity index is 593. The van der Waals surface area contributed by atoms with Crippen LogP contribution in [-0.4, -0.2) is 90.5 Å². The summed E-state index contributed by atoms with van der Waals surface area (Å²) in [5.74, 6) is -0.159. The van der Waals surface area contributed by atoms with E-state index >= 15 is 0 Å². The number of piperazine rings is 1. The topological polar surface area (TPSA) is 66.0 Å². The molecule has 0 atom stereocenters. The Labute approximate surface area is 142 Å². The van der Waals surface area contributed by atoms with Gasteiger partial charge in [0.1, 0.15) is 5.69 Å². The van der Waals surface area contributed by atoms with Crippen LogP contribution in [0.15, 0.2) is 18.3 Å². The van der Waals surface area contributed by atoms with Crippen LogP contribution in [0, 0.1) is 0 Å². The maximum absolute atomic E-state index is 12.7. The molecule has 3 rings (SSSR count). The number of morpholine rings is 1. The molecule has 2 aliphatic heterocycles. The summed E-state index contributed by atoms with van der Waals surface area (Å²) in [5.41, 5.74) is 0.863. The smallest absolute Gasteiger partial charge is 0.272 e. The van der Waals surface area contributed by atoms with Gasteiger partial charge in [-0.3, -0.25) is 14.6 Å². The first-order chi connectivity index (χ1) is 11.7. The zero-order chi connectivity index (χ0) is 16.9. The Hall–Kier alpha value is -1.99. The maximum atomic E-state index is 12.7. The minimum Gasteiger partial charge on any atom is -0.378 e. The number of ether oxygens (including phenoxy) is 1. The Morgan fingerprint density at radius 1 is 1.04 bits per heavy atom. The molecule has 7 heteroatoms. The number of aromatic nitrogens is 1. The number of rotatable bonds is 3. The fraction of sp³-hybridized carbons (Fsp3) is 0.588. The third-order valence-corrected chi connectivity index (χ3v) is 4.63. The highest BCUT2D eigenvalue weighted by Crippen LogP contribution is 2.12. The van der Waals surface area contributed by atoms with E-state index in [4.69, 9.17) is 4.74 Å². The molecular formula is C17H24N4O3. The summed E-state index contributed by atoms with van der Waals surface area (Å²) in [5, 5.41) is 0. The molecule has 0 N–H and O–H groups in total. The molecule has 7 nitrogen and oxygen atoms in total. The summed E-state index contributed by atoms with van der Waals surface area (Å²) in [6.45, 7) is 8.61. The van der Waals surface area contributed by atoms with Crippen molar-refractivity contribution < 1.29 is 14.3 Å². The Balaban J connectivity index is 1.68. The van der Waals surface area contributed by atoms with Crippen LogP contribution >= 0.6 is 0 Å². The van der Waals surface area contributed by atoms with Gasteiger partial charge in [-0.15, -0.1) is 0 Å². The van der Waals surface area contributed by atoms with Crippen LogP contribution in [0.3, 0.4) is 0 Å². The number of likely N-dealkylation sites (N-methyl/N-ethyl adjacent to an activating group) is 1. The normalized spacial score (nSPS) is 19.4. The monoisotopic (exact) mass is 332 g/mol. The van der Waals surface area contributed by atoms with Crippen LogP contribution in [0.1, 0.15) is 27.8 Å². The SMILES string of the molecule is CCN1CCN(C(=O)c2ccnc(C(=O)N3CCOCC3)c2)CC1. The summed E-state index contributed by atoms with van der Waals surface area (Å²) < 4.78 is 5.27. The minimum absolute atomic E-state index is 0.0239. The summed E-state index contributed by atoms with van der Waals surface area (Å²) >= 11 is 0. The van der Waals surface area contributed by atoms with Gasteiger partial charge in [0.05, 0.1) is 13.2 Å². The van der Waals surface area contributed by atoms with Crippen LogP contribution in [-0.2, 0) is 4.74 Å². The second kappa shape index (κ2) is 7.72. The molecule has 0 aromatic carbocycles. The third-order valence-electron chi connectivity index (χ3n) is 4.63. The second-order valence-corrected chi connectivity index (χ2v) is 6.06. The number of carbonyl (C=O) groups excluding carboxylic acids is 2. The molecule has 2 amide bonds. The molecule has 130 valence electrons. The lowest BCUT2D eigenvalue weighted by atomic mass is 10.1. The fourth-order valence-electron chi connectivity index (χ4n) is 3.06. The molecule has 2 aliphatic rings. The van der Waals surface area contributed by atoms with Crippen LogP contribution < -0.4 is 0 Å². The number of hydrogen-bond donors (Lipinski definition) is 0. The summed E-state index contributed by atoms with van der Waals surface area (Å²) in [6, 6.07) is 3.30. The zero-order valence-corrected chi connectivity index (χ0v) is 14.1. The van der Waals surface area contributed by atoms with Gasteiger partial charge < -0.3 is 19.4 Å². The van der Waals surface area contributed by atoms with Gasteiger partial charge in [0, 0.05) is 51.0 Å². The summed E-state index contributed by atoms with van der Waals surface area (Å²) in [4.78, 5) is 35.2. The molecule has 1 aromatic heterocycles. The van der Waals surface area contributed by atoms with Crippen LogP contribution in [0.2, 0.25) is 0 Å². The summed E-state index contributed by atoms with van der Waals surface area (Å²) in [7, 11) is 0. The zero-order valence-electron chi connectivity index (χ0n) is 14.1. The quantitative estimate of drug-likeness (QED) is 0.798. The Kier molecular flexibility index (Phi) is 5.42. The molecule has 3 heterocycles. The summed E-state index contributed by atoms with van der Waals surface area (Å²) in [6.07, 6.45) is 1.54. The van der Waals surface area contributed by atoms with Gasteiger partial charge in [0.15, 0.2) is 0 Å². The minimum atomic E-state index is -0.135. The van der Waals surface area contributed by atoms with Crippen molar-refractivity contribution in [2.45, 2.75) is 6.92 Å². The van der Waals surface area contributed by atoms with E-state index in [-0.39, 0.29) is 11.8 Å². The van der Waals surface area contributed by atoms with E-state index in [1.807, 2.05) is 4.90 Å². The third kappa shape index (κ3) is 3.73. The van der Waals surface area contributed by atoms with Crippen molar-refractivity contribution in [2.75, 3.05) is 59.0 Å². The van der Waals surface area contributed by atoms with Crippen molar-refractivity contribution in [3.8, 4) is 0 Å². The number of amides is 2. The molecule has 2 saturated heterocycles. The predicted molar refractivity (Wildman–Crippen MR) is 89.0 cm³/mol. The highest BCUT2D eigenvalue weighted by atomic mass is 16.5. The van der Waals surface area contributed by atoms with E-state index in [0.29, 0.717) is 37.6 Å². The number of hydrogen-bond acceptors (Lipinski definition) is 5. The van der Waals surface area contributed by atoms with Gasteiger partial charge in [0.2, 0.25) is 0 Å². The predicted octanol–water partition coefficient (Wildman–Crippen LogP) is 0.332. The van der Waals surface area contributed by atoms with Crippen molar-refractivity contribution in [2.24, 2.45) is 0 Å². The van der Waals surface area contributed by atoms with E-state index in [9.17, 15) is 9.59 Å². The lowest BCUT2D eigenvalue weighted by molar-refractivity contribution is 0.0299. The first-order valence-electron chi connectivity index (χ1n) is 8.53. The van der Waals surface area contributed by atoms with E-state index in [2.05, 4.69) is 16.8 Å². The van der Waals surface area contributed by atoms with E-state index in [0.717, 1.165) is 32.7 Å². The lowest BCUT2D eigenvalue weighted by Crippen LogP contribution is -2.48. The van der Waals surface area contributed by atoms with E-state index < -0.39 is 0 Å². The van der Waals surface area contributed by atoms with Crippen LogP contribution in [0.25, 0.3) is 0 Å². The molecule has 0 aliphatic carbocycles. The van der Waals surface area contributed by atoms with Crippen LogP contribution in [0.5, 0.6) is 0 Å². The van der Waals surface area contributed by atoms with Gasteiger partial charge in [-0.05, 0) is 18.7 Å². The van der Waals surface area contributed by atoms with Crippen molar-refractivity contribution in [3.63, 3.8) is 0 Å². The average Bonchev–Trinajstić information content (AvgIpc) is 2.67. The first kappa shape index (κ1) is 16.9. The molecule has 0 radical (unpaired) electrons. The lowest BCUT2D eigenvalue weighted by Gasteiger charge is -2.34. The van der Waals surface area contributed by atoms with Crippen LogP contribution in [0.4, 0.5) is 0 Å². The number of nitrogens with zero attached hydrogens (tertiary/aromatic N) is 4. The highest BCUT2D eigenvalue weighted by Gasteiger charge is 2.24. The molecule has 0 spiro atoms.